The molecule has 2 aromatic heterocycles. The molecule has 124 valence electrons. The van der Waals surface area contributed by atoms with E-state index in [2.05, 4.69) is 16.5 Å². The number of hydrogen-bond donors (Lipinski definition) is 1. The van der Waals surface area contributed by atoms with Gasteiger partial charge in [0.1, 0.15) is 11.0 Å². The van der Waals surface area contributed by atoms with Gasteiger partial charge in [0.2, 0.25) is 0 Å². The summed E-state index contributed by atoms with van der Waals surface area (Å²) in [4.78, 5) is 31.7. The third-order valence-corrected chi connectivity index (χ3v) is 5.10. The molecule has 1 aromatic carbocycles. The van der Waals surface area contributed by atoms with Crippen molar-refractivity contribution in [3.8, 4) is 0 Å². The van der Waals surface area contributed by atoms with E-state index >= 15 is 0 Å². The fourth-order valence-electron chi connectivity index (χ4n) is 2.58. The second-order valence-electron chi connectivity index (χ2n) is 5.33. The quantitative estimate of drug-likeness (QED) is 0.418. The van der Waals surface area contributed by atoms with Crippen LogP contribution in [0.5, 0.6) is 0 Å². The van der Waals surface area contributed by atoms with Crippen LogP contribution in [0.3, 0.4) is 0 Å². The molecule has 1 N–H and O–H groups in total. The van der Waals surface area contributed by atoms with E-state index in [1.54, 1.807) is 13.0 Å². The molecule has 7 heteroatoms. The number of carbonyl (C=O) groups is 1. The van der Waals surface area contributed by atoms with Crippen molar-refractivity contribution < 1.29 is 9.90 Å². The zero-order valence-electron chi connectivity index (χ0n) is 13.1. The van der Waals surface area contributed by atoms with E-state index < -0.39 is 11.2 Å². The number of para-hydroxylation sites is 1. The van der Waals surface area contributed by atoms with Gasteiger partial charge in [-0.2, -0.15) is 0 Å². The summed E-state index contributed by atoms with van der Waals surface area (Å²) < 4.78 is 1.43. The molecule has 0 bridgehead atoms. The van der Waals surface area contributed by atoms with Gasteiger partial charge in [0.25, 0.3) is 5.56 Å². The number of fused-ring (bicyclic) bond motifs is 3. The molecular formula is C17H16N3O3S-. The van der Waals surface area contributed by atoms with E-state index in [0.29, 0.717) is 22.6 Å². The fourth-order valence-corrected chi connectivity index (χ4v) is 3.53. The number of aromatic nitrogens is 3. The van der Waals surface area contributed by atoms with Gasteiger partial charge in [-0.3, -0.25) is 9.36 Å². The van der Waals surface area contributed by atoms with Crippen molar-refractivity contribution in [3.63, 3.8) is 0 Å². The van der Waals surface area contributed by atoms with Crippen molar-refractivity contribution in [1.82, 2.24) is 14.5 Å². The van der Waals surface area contributed by atoms with Crippen LogP contribution >= 0.6 is 11.8 Å². The lowest BCUT2D eigenvalue weighted by Crippen LogP contribution is -2.34. The SMILES string of the molecule is C=CCn1c(S[C@H](CC)C(=O)[O-])nc2c([nH]c3ccccc32)c1=O. The maximum absolute atomic E-state index is 12.8. The molecular weight excluding hydrogens is 326 g/mol. The van der Waals surface area contributed by atoms with Gasteiger partial charge < -0.3 is 14.9 Å². The molecule has 6 nitrogen and oxygen atoms in total. The van der Waals surface area contributed by atoms with Crippen LogP contribution in [0.1, 0.15) is 13.3 Å². The maximum atomic E-state index is 12.8. The Hall–Kier alpha value is -2.54. The minimum atomic E-state index is -1.17. The van der Waals surface area contributed by atoms with Gasteiger partial charge >= 0.3 is 0 Å². The smallest absolute Gasteiger partial charge is 0.278 e. The highest BCUT2D eigenvalue weighted by Crippen LogP contribution is 2.27. The lowest BCUT2D eigenvalue weighted by atomic mass is 10.2. The monoisotopic (exact) mass is 342 g/mol. The molecule has 0 spiro atoms. The summed E-state index contributed by atoms with van der Waals surface area (Å²) in [7, 11) is 0. The van der Waals surface area contributed by atoms with Crippen molar-refractivity contribution in [2.24, 2.45) is 0 Å². The average Bonchev–Trinajstić information content (AvgIpc) is 2.94. The number of thioether (sulfide) groups is 1. The van der Waals surface area contributed by atoms with Crippen molar-refractivity contribution in [2.75, 3.05) is 0 Å². The van der Waals surface area contributed by atoms with Crippen molar-refractivity contribution in [3.05, 3.63) is 47.3 Å². The minimum absolute atomic E-state index is 0.244. The van der Waals surface area contributed by atoms with E-state index in [4.69, 9.17) is 0 Å². The number of carboxylic acid groups (broad SMARTS) is 1. The average molecular weight is 342 g/mol. The Balaban J connectivity index is 2.27. The lowest BCUT2D eigenvalue weighted by molar-refractivity contribution is -0.304. The number of aliphatic carboxylic acids is 1. The minimum Gasteiger partial charge on any atom is -0.549 e. The molecule has 0 amide bonds. The first kappa shape index (κ1) is 16.3. The van der Waals surface area contributed by atoms with Crippen molar-refractivity contribution in [1.29, 1.82) is 0 Å². The first-order valence-electron chi connectivity index (χ1n) is 7.56. The van der Waals surface area contributed by atoms with Crippen molar-refractivity contribution in [2.45, 2.75) is 30.3 Å². The Bertz CT molecular complexity index is 990. The topological polar surface area (TPSA) is 90.8 Å². The zero-order chi connectivity index (χ0) is 17.3. The van der Waals surface area contributed by atoms with Crippen LogP contribution in [0.15, 0.2) is 46.9 Å². The van der Waals surface area contributed by atoms with Gasteiger partial charge in [-0.25, -0.2) is 4.98 Å². The third kappa shape index (κ3) is 2.71. The number of nitrogens with one attached hydrogen (secondary N) is 1. The summed E-state index contributed by atoms with van der Waals surface area (Å²) in [5.41, 5.74) is 1.53. The second kappa shape index (κ2) is 6.52. The molecule has 2 heterocycles. The van der Waals surface area contributed by atoms with Gasteiger partial charge in [-0.1, -0.05) is 43.0 Å². The number of benzene rings is 1. The van der Waals surface area contributed by atoms with Crippen molar-refractivity contribution >= 4 is 39.7 Å². The maximum Gasteiger partial charge on any atom is 0.278 e. The number of aromatic amines is 1. The van der Waals surface area contributed by atoms with E-state index in [1.165, 1.54) is 4.57 Å². The molecule has 0 aliphatic carbocycles. The van der Waals surface area contributed by atoms with Gasteiger partial charge in [0, 0.05) is 17.4 Å². The summed E-state index contributed by atoms with van der Waals surface area (Å²) in [6.07, 6.45) is 1.96. The fraction of sp³-hybridized carbons (Fsp3) is 0.235. The molecule has 0 fully saturated rings. The highest BCUT2D eigenvalue weighted by molar-refractivity contribution is 8.00. The summed E-state index contributed by atoms with van der Waals surface area (Å²) in [6.45, 7) is 5.67. The first-order chi connectivity index (χ1) is 11.6. The van der Waals surface area contributed by atoms with Crippen LogP contribution in [-0.2, 0) is 11.3 Å². The number of hydrogen-bond acceptors (Lipinski definition) is 5. The molecule has 3 rings (SSSR count). The molecule has 1 atom stereocenters. The van der Waals surface area contributed by atoms with Gasteiger partial charge in [-0.05, 0) is 12.5 Å². The highest BCUT2D eigenvalue weighted by Gasteiger charge is 2.18. The summed E-state index contributed by atoms with van der Waals surface area (Å²) in [6, 6.07) is 7.49. The van der Waals surface area contributed by atoms with Crippen LogP contribution in [0, 0.1) is 0 Å². The third-order valence-electron chi connectivity index (χ3n) is 3.77. The first-order valence-corrected chi connectivity index (χ1v) is 8.44. The zero-order valence-corrected chi connectivity index (χ0v) is 13.9. The molecule has 0 saturated carbocycles. The van der Waals surface area contributed by atoms with Crippen LogP contribution in [0.2, 0.25) is 0 Å². The Morgan fingerprint density at radius 3 is 2.92 bits per heavy atom. The largest absolute Gasteiger partial charge is 0.549 e. The van der Waals surface area contributed by atoms with E-state index in [1.807, 2.05) is 24.3 Å². The normalized spacial score (nSPS) is 12.5. The second-order valence-corrected chi connectivity index (χ2v) is 6.50. The number of carboxylic acids is 1. The molecule has 3 aromatic rings. The van der Waals surface area contributed by atoms with Crippen LogP contribution in [0.25, 0.3) is 21.9 Å². The van der Waals surface area contributed by atoms with E-state index in [-0.39, 0.29) is 12.1 Å². The van der Waals surface area contributed by atoms with Gasteiger partial charge in [0.05, 0.1) is 11.2 Å². The summed E-state index contributed by atoms with van der Waals surface area (Å²) >= 11 is 1.03. The number of H-pyrrole nitrogens is 1. The summed E-state index contributed by atoms with van der Waals surface area (Å²) in [5.74, 6) is -1.17. The van der Waals surface area contributed by atoms with E-state index in [0.717, 1.165) is 22.7 Å². The Morgan fingerprint density at radius 2 is 2.25 bits per heavy atom. The number of allylic oxidation sites excluding steroid dienone is 1. The molecule has 0 radical (unpaired) electrons. The van der Waals surface area contributed by atoms with Crippen LogP contribution in [-0.4, -0.2) is 25.8 Å². The standard InChI is InChI=1S/C17H17N3O3S/c1-3-9-20-15(21)14-13(10-7-5-6-8-11(10)18-14)19-17(20)24-12(4-2)16(22)23/h3,5-8,12,18H,1,4,9H2,2H3,(H,22,23)/p-1/t12-/m1/s1. The Morgan fingerprint density at radius 1 is 1.50 bits per heavy atom. The molecule has 0 aliphatic heterocycles. The Kier molecular flexibility index (Phi) is 4.44. The number of carbonyl (C=O) groups excluding carboxylic acids is 1. The van der Waals surface area contributed by atoms with Gasteiger partial charge in [-0.15, -0.1) is 6.58 Å². The predicted molar refractivity (Wildman–Crippen MR) is 93.0 cm³/mol. The lowest BCUT2D eigenvalue weighted by Gasteiger charge is -2.17. The highest BCUT2D eigenvalue weighted by atomic mass is 32.2. The van der Waals surface area contributed by atoms with Crippen LogP contribution in [0.4, 0.5) is 0 Å². The number of nitrogens with zero attached hydrogens (tertiary/aromatic N) is 2. The molecule has 0 unspecified atom stereocenters. The van der Waals surface area contributed by atoms with E-state index in [9.17, 15) is 14.7 Å². The Labute approximate surface area is 142 Å². The van der Waals surface area contributed by atoms with Gasteiger partial charge in [0.15, 0.2) is 5.16 Å². The molecule has 0 aliphatic rings. The number of rotatable bonds is 6. The molecule has 24 heavy (non-hydrogen) atoms. The van der Waals surface area contributed by atoms with Crippen LogP contribution < -0.4 is 10.7 Å². The molecule has 0 saturated heterocycles. The summed E-state index contributed by atoms with van der Waals surface area (Å²) in [5, 5.41) is 11.7. The predicted octanol–water partition coefficient (Wildman–Crippen LogP) is 1.68.